The molecule has 0 radical (unpaired) electrons. The third-order valence-corrected chi connectivity index (χ3v) is 4.29. The summed E-state index contributed by atoms with van der Waals surface area (Å²) in [4.78, 5) is 2.13. The lowest BCUT2D eigenvalue weighted by Gasteiger charge is -2.16. The highest BCUT2D eigenvalue weighted by Crippen LogP contribution is 1.95. The summed E-state index contributed by atoms with van der Waals surface area (Å²) in [6, 6.07) is 0.374. The lowest BCUT2D eigenvalue weighted by atomic mass is 10.2. The largest absolute Gasteiger partial charge is 0.313 e. The molecule has 5 heteroatoms. The Balaban J connectivity index is 3.65. The quantitative estimate of drug-likeness (QED) is 0.656. The number of rotatable bonds is 9. The molecule has 1 unspecified atom stereocenters. The van der Waals surface area contributed by atoms with Gasteiger partial charge < -0.3 is 10.2 Å². The third kappa shape index (κ3) is 9.12. The maximum Gasteiger partial charge on any atom is 0.151 e. The van der Waals surface area contributed by atoms with Gasteiger partial charge in [-0.1, -0.05) is 6.92 Å². The van der Waals surface area contributed by atoms with E-state index in [2.05, 4.69) is 17.1 Å². The molecule has 0 saturated carbocycles. The molecule has 0 aliphatic carbocycles. The van der Waals surface area contributed by atoms with Crippen molar-refractivity contribution in [3.63, 3.8) is 0 Å². The van der Waals surface area contributed by atoms with Crippen LogP contribution >= 0.6 is 0 Å². The molecular formula is C11H26N2O2S. The molecule has 0 aliphatic rings. The van der Waals surface area contributed by atoms with E-state index in [0.717, 1.165) is 13.0 Å². The standard InChI is InChI=1S/C11H26N2O2S/c1-5-9-16(14,15)10-7-12-11(2)6-8-13(3)4/h11-12H,5-10H2,1-4H3. The van der Waals surface area contributed by atoms with E-state index in [4.69, 9.17) is 0 Å². The molecule has 1 atom stereocenters. The first-order valence-electron chi connectivity index (χ1n) is 5.96. The predicted octanol–water partition coefficient (Wildman–Crippen LogP) is 0.741. The summed E-state index contributed by atoms with van der Waals surface area (Å²) in [6.07, 6.45) is 1.75. The molecule has 0 fully saturated rings. The van der Waals surface area contributed by atoms with Crippen molar-refractivity contribution in [2.75, 3.05) is 38.7 Å². The summed E-state index contributed by atoms with van der Waals surface area (Å²) in [5.74, 6) is 0.563. The maximum absolute atomic E-state index is 11.4. The zero-order valence-electron chi connectivity index (χ0n) is 11.0. The van der Waals surface area contributed by atoms with Gasteiger partial charge in [-0.05, 0) is 40.4 Å². The molecule has 0 aromatic carbocycles. The summed E-state index contributed by atoms with van der Waals surface area (Å²) in [6.45, 7) is 5.58. The van der Waals surface area contributed by atoms with Gasteiger partial charge in [-0.3, -0.25) is 0 Å². The summed E-state index contributed by atoms with van der Waals surface area (Å²) < 4.78 is 22.9. The van der Waals surface area contributed by atoms with Crippen molar-refractivity contribution in [2.45, 2.75) is 32.7 Å². The SMILES string of the molecule is CCCS(=O)(=O)CCNC(C)CCN(C)C. The Kier molecular flexibility index (Phi) is 7.97. The average Bonchev–Trinajstić information content (AvgIpc) is 2.14. The van der Waals surface area contributed by atoms with E-state index in [9.17, 15) is 8.42 Å². The first-order valence-corrected chi connectivity index (χ1v) is 7.78. The lowest BCUT2D eigenvalue weighted by molar-refractivity contribution is 0.368. The van der Waals surface area contributed by atoms with Gasteiger partial charge in [-0.25, -0.2) is 8.42 Å². The van der Waals surface area contributed by atoms with Crippen molar-refractivity contribution in [2.24, 2.45) is 0 Å². The van der Waals surface area contributed by atoms with Crippen molar-refractivity contribution < 1.29 is 8.42 Å². The van der Waals surface area contributed by atoms with Crippen LogP contribution in [0.25, 0.3) is 0 Å². The van der Waals surface area contributed by atoms with Crippen LogP contribution in [0.4, 0.5) is 0 Å². The van der Waals surface area contributed by atoms with Gasteiger partial charge >= 0.3 is 0 Å². The minimum absolute atomic E-state index is 0.257. The summed E-state index contributed by atoms with van der Waals surface area (Å²) >= 11 is 0. The smallest absolute Gasteiger partial charge is 0.151 e. The fraction of sp³-hybridized carbons (Fsp3) is 1.00. The highest BCUT2D eigenvalue weighted by Gasteiger charge is 2.09. The van der Waals surface area contributed by atoms with Crippen LogP contribution in [0.5, 0.6) is 0 Å². The van der Waals surface area contributed by atoms with Gasteiger partial charge in [0.15, 0.2) is 9.84 Å². The average molecular weight is 250 g/mol. The molecule has 0 amide bonds. The highest BCUT2D eigenvalue weighted by molar-refractivity contribution is 7.91. The Morgan fingerprint density at radius 2 is 1.88 bits per heavy atom. The molecule has 4 nitrogen and oxygen atoms in total. The molecule has 0 aliphatic heterocycles. The van der Waals surface area contributed by atoms with Gasteiger partial charge in [-0.15, -0.1) is 0 Å². The van der Waals surface area contributed by atoms with Crippen molar-refractivity contribution in [3.05, 3.63) is 0 Å². The molecule has 98 valence electrons. The van der Waals surface area contributed by atoms with Gasteiger partial charge in [0.25, 0.3) is 0 Å². The molecular weight excluding hydrogens is 224 g/mol. The Morgan fingerprint density at radius 1 is 1.25 bits per heavy atom. The predicted molar refractivity (Wildman–Crippen MR) is 69.6 cm³/mol. The van der Waals surface area contributed by atoms with E-state index < -0.39 is 9.84 Å². The fourth-order valence-electron chi connectivity index (χ4n) is 1.43. The van der Waals surface area contributed by atoms with E-state index in [0.29, 0.717) is 24.8 Å². The summed E-state index contributed by atoms with van der Waals surface area (Å²) in [5.41, 5.74) is 0. The summed E-state index contributed by atoms with van der Waals surface area (Å²) in [5, 5.41) is 3.25. The van der Waals surface area contributed by atoms with Crippen LogP contribution in [0.15, 0.2) is 0 Å². The molecule has 0 bridgehead atoms. The van der Waals surface area contributed by atoms with Crippen molar-refractivity contribution in [1.82, 2.24) is 10.2 Å². The van der Waals surface area contributed by atoms with Gasteiger partial charge in [0.05, 0.1) is 5.75 Å². The zero-order valence-corrected chi connectivity index (χ0v) is 11.8. The highest BCUT2D eigenvalue weighted by atomic mass is 32.2. The van der Waals surface area contributed by atoms with Crippen LogP contribution in [-0.2, 0) is 9.84 Å². The molecule has 0 rings (SSSR count). The number of hydrogen-bond acceptors (Lipinski definition) is 4. The van der Waals surface area contributed by atoms with Crippen LogP contribution in [0.1, 0.15) is 26.7 Å². The van der Waals surface area contributed by atoms with Crippen LogP contribution in [0, 0.1) is 0 Å². The van der Waals surface area contributed by atoms with Crippen LogP contribution in [0.2, 0.25) is 0 Å². The molecule has 16 heavy (non-hydrogen) atoms. The molecule has 0 spiro atoms. The second-order valence-corrected chi connectivity index (χ2v) is 6.90. The fourth-order valence-corrected chi connectivity index (χ4v) is 2.68. The van der Waals surface area contributed by atoms with Gasteiger partial charge in [0.2, 0.25) is 0 Å². The second kappa shape index (κ2) is 8.03. The monoisotopic (exact) mass is 250 g/mol. The van der Waals surface area contributed by atoms with E-state index in [1.54, 1.807) is 0 Å². The molecule has 0 aromatic rings. The van der Waals surface area contributed by atoms with Crippen molar-refractivity contribution in [3.8, 4) is 0 Å². The summed E-state index contributed by atoms with van der Waals surface area (Å²) in [7, 11) is 1.25. The van der Waals surface area contributed by atoms with Crippen molar-refractivity contribution in [1.29, 1.82) is 0 Å². The van der Waals surface area contributed by atoms with Gasteiger partial charge in [0, 0.05) is 18.3 Å². The zero-order chi connectivity index (χ0) is 12.6. The van der Waals surface area contributed by atoms with Crippen LogP contribution in [-0.4, -0.2) is 58.1 Å². The minimum Gasteiger partial charge on any atom is -0.313 e. The number of sulfone groups is 1. The Bertz CT molecular complexity index is 263. The number of nitrogens with one attached hydrogen (secondary N) is 1. The van der Waals surface area contributed by atoms with E-state index in [-0.39, 0.29) is 5.75 Å². The Labute approximate surface area is 100 Å². The minimum atomic E-state index is -2.83. The van der Waals surface area contributed by atoms with Gasteiger partial charge in [-0.2, -0.15) is 0 Å². The third-order valence-electron chi connectivity index (χ3n) is 2.43. The van der Waals surface area contributed by atoms with Gasteiger partial charge in [0.1, 0.15) is 0 Å². The first-order chi connectivity index (χ1) is 7.37. The maximum atomic E-state index is 11.4. The van der Waals surface area contributed by atoms with Crippen LogP contribution in [0.3, 0.4) is 0 Å². The normalized spacial score (nSPS) is 14.3. The number of nitrogens with zero attached hydrogens (tertiary/aromatic N) is 1. The Hall–Kier alpha value is -0.130. The topological polar surface area (TPSA) is 49.4 Å². The Morgan fingerprint density at radius 3 is 2.38 bits per heavy atom. The lowest BCUT2D eigenvalue weighted by Crippen LogP contribution is -2.33. The molecule has 1 N–H and O–H groups in total. The molecule has 0 aromatic heterocycles. The molecule has 0 heterocycles. The van der Waals surface area contributed by atoms with E-state index >= 15 is 0 Å². The van der Waals surface area contributed by atoms with Crippen LogP contribution < -0.4 is 5.32 Å². The van der Waals surface area contributed by atoms with E-state index in [1.807, 2.05) is 21.0 Å². The molecule has 0 saturated heterocycles. The first kappa shape index (κ1) is 15.9. The number of hydrogen-bond donors (Lipinski definition) is 1. The van der Waals surface area contributed by atoms with Crippen molar-refractivity contribution >= 4 is 9.84 Å². The van der Waals surface area contributed by atoms with E-state index in [1.165, 1.54) is 0 Å². The second-order valence-electron chi connectivity index (χ2n) is 4.60.